The quantitative estimate of drug-likeness (QED) is 0.555. The monoisotopic (exact) mass is 275 g/mol. The molecule has 0 aliphatic carbocycles. The number of carbonyl (C=O) groups excluding carboxylic acids is 1. The standard InChI is InChI=1S/C10H9N7OS/c1-5-3-19-10(15-5)6(2-11)16-17-9-7(8(12)18)13-4-14-9/h3-4,17H,1H3,(H2,12,18)(H,13,14)/b16-6+. The van der Waals surface area contributed by atoms with Crippen LogP contribution in [0.15, 0.2) is 16.8 Å². The van der Waals surface area contributed by atoms with E-state index in [1.807, 2.05) is 18.4 Å². The largest absolute Gasteiger partial charge is 0.364 e. The van der Waals surface area contributed by atoms with Crippen LogP contribution in [0.4, 0.5) is 5.82 Å². The number of anilines is 1. The number of primary amides is 1. The highest BCUT2D eigenvalue weighted by Crippen LogP contribution is 2.12. The first-order valence-corrected chi connectivity index (χ1v) is 5.99. The van der Waals surface area contributed by atoms with Crippen LogP contribution >= 0.6 is 11.3 Å². The second kappa shape index (κ2) is 5.28. The highest BCUT2D eigenvalue weighted by Gasteiger charge is 2.12. The summed E-state index contributed by atoms with van der Waals surface area (Å²) < 4.78 is 0. The van der Waals surface area contributed by atoms with Crippen LogP contribution in [-0.2, 0) is 0 Å². The number of nitrogens with zero attached hydrogens (tertiary/aromatic N) is 4. The third-order valence-electron chi connectivity index (χ3n) is 2.09. The van der Waals surface area contributed by atoms with Crippen molar-refractivity contribution in [1.82, 2.24) is 15.0 Å². The number of aromatic nitrogens is 3. The van der Waals surface area contributed by atoms with Crippen molar-refractivity contribution in [2.45, 2.75) is 6.92 Å². The van der Waals surface area contributed by atoms with Gasteiger partial charge >= 0.3 is 0 Å². The van der Waals surface area contributed by atoms with Crippen molar-refractivity contribution < 1.29 is 4.79 Å². The molecule has 8 nitrogen and oxygen atoms in total. The maximum atomic E-state index is 11.1. The van der Waals surface area contributed by atoms with Gasteiger partial charge in [0.25, 0.3) is 5.91 Å². The van der Waals surface area contributed by atoms with Gasteiger partial charge in [0.1, 0.15) is 11.8 Å². The summed E-state index contributed by atoms with van der Waals surface area (Å²) in [6.07, 6.45) is 1.30. The highest BCUT2D eigenvalue weighted by atomic mass is 32.1. The zero-order chi connectivity index (χ0) is 13.8. The molecule has 9 heteroatoms. The molecule has 2 aromatic rings. The number of amides is 1. The molecule has 0 spiro atoms. The van der Waals surface area contributed by atoms with E-state index in [0.29, 0.717) is 5.01 Å². The molecule has 2 rings (SSSR count). The van der Waals surface area contributed by atoms with E-state index in [4.69, 9.17) is 11.0 Å². The number of rotatable bonds is 4. The van der Waals surface area contributed by atoms with Crippen LogP contribution in [0.2, 0.25) is 0 Å². The molecular formula is C10H9N7OS. The van der Waals surface area contributed by atoms with Crippen molar-refractivity contribution >= 4 is 28.8 Å². The topological polar surface area (TPSA) is 133 Å². The summed E-state index contributed by atoms with van der Waals surface area (Å²) in [4.78, 5) is 21.6. The van der Waals surface area contributed by atoms with E-state index in [-0.39, 0.29) is 17.2 Å². The van der Waals surface area contributed by atoms with Gasteiger partial charge in [-0.25, -0.2) is 9.97 Å². The fourth-order valence-electron chi connectivity index (χ4n) is 1.26. The predicted octanol–water partition coefficient (Wildman–Crippen LogP) is 0.613. The van der Waals surface area contributed by atoms with Gasteiger partial charge in [0.15, 0.2) is 16.5 Å². The first-order chi connectivity index (χ1) is 9.11. The Bertz CT molecular complexity index is 678. The molecule has 2 heterocycles. The number of H-pyrrole nitrogens is 1. The van der Waals surface area contributed by atoms with Gasteiger partial charge in [-0.3, -0.25) is 10.2 Å². The van der Waals surface area contributed by atoms with Gasteiger partial charge in [-0.15, -0.1) is 11.3 Å². The Morgan fingerprint density at radius 3 is 3.05 bits per heavy atom. The Morgan fingerprint density at radius 2 is 2.47 bits per heavy atom. The fraction of sp³-hybridized carbons (Fsp3) is 0.100. The lowest BCUT2D eigenvalue weighted by molar-refractivity contribution is 0.0997. The molecule has 0 aromatic carbocycles. The number of aryl methyl sites for hydroxylation is 1. The van der Waals surface area contributed by atoms with Gasteiger partial charge in [-0.1, -0.05) is 0 Å². The summed E-state index contributed by atoms with van der Waals surface area (Å²) in [7, 11) is 0. The van der Waals surface area contributed by atoms with Gasteiger partial charge in [0, 0.05) is 11.1 Å². The zero-order valence-electron chi connectivity index (χ0n) is 9.84. The van der Waals surface area contributed by atoms with Crippen molar-refractivity contribution in [3.05, 3.63) is 28.1 Å². The number of hydrogen-bond acceptors (Lipinski definition) is 7. The maximum Gasteiger partial charge on any atom is 0.269 e. The summed E-state index contributed by atoms with van der Waals surface area (Å²) in [6, 6.07) is 1.92. The lowest BCUT2D eigenvalue weighted by Gasteiger charge is -1.98. The molecule has 19 heavy (non-hydrogen) atoms. The molecule has 0 bridgehead atoms. The van der Waals surface area contributed by atoms with E-state index >= 15 is 0 Å². The number of nitrogens with one attached hydrogen (secondary N) is 2. The van der Waals surface area contributed by atoms with Gasteiger partial charge in [-0.2, -0.15) is 10.4 Å². The minimum Gasteiger partial charge on any atom is -0.364 e. The van der Waals surface area contributed by atoms with E-state index in [1.165, 1.54) is 17.7 Å². The van der Waals surface area contributed by atoms with E-state index in [9.17, 15) is 4.79 Å². The third-order valence-corrected chi connectivity index (χ3v) is 3.05. The van der Waals surface area contributed by atoms with Crippen molar-refractivity contribution in [2.24, 2.45) is 10.8 Å². The number of aromatic amines is 1. The maximum absolute atomic E-state index is 11.1. The fourth-order valence-corrected chi connectivity index (χ4v) is 1.99. The average molecular weight is 275 g/mol. The number of imidazole rings is 1. The van der Waals surface area contributed by atoms with Crippen molar-refractivity contribution in [3.8, 4) is 6.07 Å². The zero-order valence-corrected chi connectivity index (χ0v) is 10.7. The molecule has 96 valence electrons. The number of carbonyl (C=O) groups is 1. The van der Waals surface area contributed by atoms with Crippen LogP contribution in [0, 0.1) is 18.3 Å². The summed E-state index contributed by atoms with van der Waals surface area (Å²) in [6.45, 7) is 1.82. The van der Waals surface area contributed by atoms with Crippen molar-refractivity contribution in [2.75, 3.05) is 5.43 Å². The molecule has 2 aromatic heterocycles. The van der Waals surface area contributed by atoms with Crippen LogP contribution in [0.3, 0.4) is 0 Å². The molecular weight excluding hydrogens is 266 g/mol. The summed E-state index contributed by atoms with van der Waals surface area (Å²) in [5.41, 5.74) is 8.67. The summed E-state index contributed by atoms with van der Waals surface area (Å²) in [5.74, 6) is -0.507. The Balaban J connectivity index is 2.23. The molecule has 0 unspecified atom stereocenters. The minimum atomic E-state index is -0.668. The first-order valence-electron chi connectivity index (χ1n) is 5.11. The lowest BCUT2D eigenvalue weighted by Crippen LogP contribution is -2.13. The van der Waals surface area contributed by atoms with Gasteiger partial charge < -0.3 is 10.7 Å². The molecule has 1 amide bonds. The van der Waals surface area contributed by atoms with Crippen LogP contribution < -0.4 is 11.2 Å². The Kier molecular flexibility index (Phi) is 3.53. The van der Waals surface area contributed by atoms with Crippen LogP contribution in [-0.4, -0.2) is 26.6 Å². The van der Waals surface area contributed by atoms with Crippen LogP contribution in [0.5, 0.6) is 0 Å². The molecule has 0 aliphatic rings. The normalized spacial score (nSPS) is 11.1. The second-order valence-corrected chi connectivity index (χ2v) is 4.33. The molecule has 0 fully saturated rings. The van der Waals surface area contributed by atoms with Gasteiger partial charge in [-0.05, 0) is 6.92 Å². The molecule has 0 saturated carbocycles. The predicted molar refractivity (Wildman–Crippen MR) is 69.7 cm³/mol. The third kappa shape index (κ3) is 2.75. The number of nitrogens with two attached hydrogens (primary N) is 1. The van der Waals surface area contributed by atoms with Crippen molar-refractivity contribution in [1.29, 1.82) is 5.26 Å². The molecule has 0 aliphatic heterocycles. The minimum absolute atomic E-state index is 0.0939. The molecule has 0 atom stereocenters. The number of hydrogen-bond donors (Lipinski definition) is 3. The Morgan fingerprint density at radius 1 is 1.68 bits per heavy atom. The smallest absolute Gasteiger partial charge is 0.269 e. The first kappa shape index (κ1) is 12.7. The van der Waals surface area contributed by atoms with Gasteiger partial charge in [0.05, 0.1) is 6.33 Å². The summed E-state index contributed by atoms with van der Waals surface area (Å²) in [5, 5.41) is 15.2. The van der Waals surface area contributed by atoms with Crippen LogP contribution in [0.25, 0.3) is 0 Å². The average Bonchev–Trinajstić information content (AvgIpc) is 2.99. The van der Waals surface area contributed by atoms with Gasteiger partial charge in [0.2, 0.25) is 0 Å². The molecule has 0 radical (unpaired) electrons. The summed E-state index contributed by atoms with van der Waals surface area (Å²) >= 11 is 1.31. The molecule has 0 saturated heterocycles. The number of thiazole rings is 1. The number of hydrazone groups is 1. The van der Waals surface area contributed by atoms with E-state index < -0.39 is 5.91 Å². The van der Waals surface area contributed by atoms with E-state index in [0.717, 1.165) is 5.69 Å². The Labute approximate surface area is 112 Å². The lowest BCUT2D eigenvalue weighted by atomic mass is 10.4. The van der Waals surface area contributed by atoms with E-state index in [1.54, 1.807) is 0 Å². The van der Waals surface area contributed by atoms with E-state index in [2.05, 4.69) is 25.5 Å². The van der Waals surface area contributed by atoms with Crippen LogP contribution in [0.1, 0.15) is 21.2 Å². The number of nitriles is 1. The molecule has 4 N–H and O–H groups in total. The Hall–Kier alpha value is -2.73. The highest BCUT2D eigenvalue weighted by molar-refractivity contribution is 7.12. The van der Waals surface area contributed by atoms with Crippen molar-refractivity contribution in [3.63, 3.8) is 0 Å². The second-order valence-electron chi connectivity index (χ2n) is 3.47. The SMILES string of the molecule is Cc1csc(/C(C#N)=N/Nc2nc[nH]c2C(N)=O)n1.